The second-order valence-electron chi connectivity index (χ2n) is 8.65. The van der Waals surface area contributed by atoms with Gasteiger partial charge in [0.15, 0.2) is 5.69 Å². The number of carbonyl (C=O) groups excluding carboxylic acids is 1. The lowest BCUT2D eigenvalue weighted by molar-refractivity contribution is 0.0947. The number of benzene rings is 2. The number of amides is 1. The topological polar surface area (TPSA) is 150 Å². The lowest BCUT2D eigenvalue weighted by Crippen LogP contribution is -2.31. The third kappa shape index (κ3) is 5.98. The van der Waals surface area contributed by atoms with Gasteiger partial charge in [0.05, 0.1) is 11.9 Å². The fourth-order valence-electron chi connectivity index (χ4n) is 4.07. The van der Waals surface area contributed by atoms with Crippen molar-refractivity contribution in [3.63, 3.8) is 0 Å². The van der Waals surface area contributed by atoms with Crippen LogP contribution in [0.4, 0.5) is 5.82 Å². The van der Waals surface area contributed by atoms with Crippen LogP contribution in [0.5, 0.6) is 5.75 Å². The summed E-state index contributed by atoms with van der Waals surface area (Å²) >= 11 is 0. The third-order valence-corrected chi connectivity index (χ3v) is 6.00. The van der Waals surface area contributed by atoms with Gasteiger partial charge in [-0.3, -0.25) is 9.69 Å². The molecule has 4 aromatic rings. The van der Waals surface area contributed by atoms with E-state index in [0.717, 1.165) is 42.8 Å². The first-order chi connectivity index (χ1) is 18.2. The first kappa shape index (κ1) is 24.1. The Balaban J connectivity index is 1.24. The average Bonchev–Trinajstić information content (AvgIpc) is 3.55. The summed E-state index contributed by atoms with van der Waals surface area (Å²) in [6.45, 7) is 2.78. The number of likely N-dealkylation sites (tertiary alicyclic amines) is 1. The summed E-state index contributed by atoms with van der Waals surface area (Å²) in [7, 11) is 0. The molecule has 1 saturated heterocycles. The molecule has 12 nitrogen and oxygen atoms in total. The van der Waals surface area contributed by atoms with Crippen molar-refractivity contribution in [2.45, 2.75) is 32.4 Å². The van der Waals surface area contributed by atoms with E-state index >= 15 is 0 Å². The van der Waals surface area contributed by atoms with E-state index in [1.807, 2.05) is 54.6 Å². The van der Waals surface area contributed by atoms with Crippen LogP contribution in [0.25, 0.3) is 5.82 Å². The van der Waals surface area contributed by atoms with Crippen molar-refractivity contribution < 1.29 is 14.2 Å². The maximum atomic E-state index is 13.0. The zero-order chi connectivity index (χ0) is 25.5. The molecule has 5 rings (SSSR count). The van der Waals surface area contributed by atoms with Gasteiger partial charge < -0.3 is 10.5 Å². The molecule has 0 saturated carbocycles. The summed E-state index contributed by atoms with van der Waals surface area (Å²) in [6, 6.07) is 17.4. The number of ether oxygens (including phenoxy) is 1. The molecule has 12 heteroatoms. The Hall–Kier alpha value is -4.58. The zero-order valence-electron chi connectivity index (χ0n) is 20.2. The summed E-state index contributed by atoms with van der Waals surface area (Å²) in [5, 5.41) is 19.7. The SMILES string of the molecule is Nc1nonc1-n1nnc(C(=O)N/N=C/c2ccc(OCc3ccccc3)cc2)c1CN1CCCCC1. The van der Waals surface area contributed by atoms with Crippen LogP contribution in [-0.2, 0) is 13.2 Å². The van der Waals surface area contributed by atoms with E-state index in [0.29, 0.717) is 18.8 Å². The highest BCUT2D eigenvalue weighted by atomic mass is 16.6. The first-order valence-corrected chi connectivity index (χ1v) is 12.0. The summed E-state index contributed by atoms with van der Waals surface area (Å²) < 4.78 is 11.9. The van der Waals surface area contributed by atoms with E-state index in [1.54, 1.807) is 6.21 Å². The second kappa shape index (κ2) is 11.4. The van der Waals surface area contributed by atoms with Gasteiger partial charge in [-0.1, -0.05) is 42.0 Å². The van der Waals surface area contributed by atoms with E-state index in [4.69, 9.17) is 15.1 Å². The fourth-order valence-corrected chi connectivity index (χ4v) is 4.07. The molecule has 2 aromatic heterocycles. The smallest absolute Gasteiger partial charge is 0.293 e. The normalized spacial score (nSPS) is 14.2. The van der Waals surface area contributed by atoms with Gasteiger partial charge in [0.25, 0.3) is 5.91 Å². The Morgan fingerprint density at radius 1 is 1.08 bits per heavy atom. The monoisotopic (exact) mass is 501 g/mol. The molecule has 3 heterocycles. The number of nitrogens with two attached hydrogens (primary N) is 1. The molecule has 0 spiro atoms. The molecule has 1 fully saturated rings. The molecule has 0 atom stereocenters. The zero-order valence-corrected chi connectivity index (χ0v) is 20.2. The third-order valence-electron chi connectivity index (χ3n) is 6.00. The van der Waals surface area contributed by atoms with Crippen LogP contribution in [0.15, 0.2) is 64.3 Å². The maximum Gasteiger partial charge on any atom is 0.293 e. The predicted octanol–water partition coefficient (Wildman–Crippen LogP) is 2.56. The number of hydrogen-bond donors (Lipinski definition) is 2. The fraction of sp³-hybridized carbons (Fsp3) is 0.280. The number of hydrogen-bond acceptors (Lipinski definition) is 10. The standard InChI is InChI=1S/C25H27N9O3/c26-23-24(31-37-30-23)34-21(16-33-13-5-2-6-14-33)22(28-32-34)25(35)29-27-15-18-9-11-20(12-10-18)36-17-19-7-3-1-4-8-19/h1,3-4,7-12,15H,2,5-6,13-14,16-17H2,(H2,26,30)(H,29,35)/b27-15+. The lowest BCUT2D eigenvalue weighted by Gasteiger charge is -2.26. The lowest BCUT2D eigenvalue weighted by atomic mass is 10.1. The number of aromatic nitrogens is 5. The van der Waals surface area contributed by atoms with E-state index in [2.05, 4.69) is 36.1 Å². The van der Waals surface area contributed by atoms with Gasteiger partial charge in [-0.05, 0) is 71.6 Å². The van der Waals surface area contributed by atoms with Crippen molar-refractivity contribution in [1.82, 2.24) is 35.6 Å². The molecular formula is C25H27N9O3. The largest absolute Gasteiger partial charge is 0.489 e. The average molecular weight is 502 g/mol. The maximum absolute atomic E-state index is 13.0. The van der Waals surface area contributed by atoms with Crippen LogP contribution in [0.3, 0.4) is 0 Å². The molecule has 0 bridgehead atoms. The van der Waals surface area contributed by atoms with Crippen LogP contribution in [0, 0.1) is 0 Å². The number of piperidine rings is 1. The Labute approximate surface area is 213 Å². The number of hydrazone groups is 1. The molecule has 2 aromatic carbocycles. The number of nitrogens with one attached hydrogen (secondary N) is 1. The van der Waals surface area contributed by atoms with Crippen LogP contribution in [0.2, 0.25) is 0 Å². The molecule has 3 N–H and O–H groups in total. The molecule has 1 aliphatic rings. The van der Waals surface area contributed by atoms with Gasteiger partial charge >= 0.3 is 0 Å². The molecule has 0 aliphatic carbocycles. The second-order valence-corrected chi connectivity index (χ2v) is 8.65. The molecular weight excluding hydrogens is 474 g/mol. The van der Waals surface area contributed by atoms with Gasteiger partial charge in [0.2, 0.25) is 11.6 Å². The van der Waals surface area contributed by atoms with Crippen molar-refractivity contribution in [2.75, 3.05) is 18.8 Å². The van der Waals surface area contributed by atoms with E-state index in [-0.39, 0.29) is 17.3 Å². The summed E-state index contributed by atoms with van der Waals surface area (Å²) in [6.07, 6.45) is 4.93. The predicted molar refractivity (Wildman–Crippen MR) is 135 cm³/mol. The number of carbonyl (C=O) groups is 1. The summed E-state index contributed by atoms with van der Waals surface area (Å²) in [5.41, 5.74) is 11.0. The van der Waals surface area contributed by atoms with Crippen LogP contribution < -0.4 is 15.9 Å². The van der Waals surface area contributed by atoms with Crippen molar-refractivity contribution in [3.8, 4) is 11.6 Å². The number of rotatable bonds is 9. The minimum atomic E-state index is -0.493. The summed E-state index contributed by atoms with van der Waals surface area (Å²) in [5.74, 6) is 0.501. The Kier molecular flexibility index (Phi) is 7.46. The van der Waals surface area contributed by atoms with Crippen molar-refractivity contribution in [3.05, 3.63) is 77.1 Å². The van der Waals surface area contributed by atoms with E-state index in [9.17, 15) is 4.79 Å². The highest BCUT2D eigenvalue weighted by Gasteiger charge is 2.26. The Morgan fingerprint density at radius 3 is 2.59 bits per heavy atom. The van der Waals surface area contributed by atoms with Gasteiger partial charge in [0, 0.05) is 6.54 Å². The minimum absolute atomic E-state index is 0.0611. The van der Waals surface area contributed by atoms with Gasteiger partial charge in [0.1, 0.15) is 12.4 Å². The van der Waals surface area contributed by atoms with Gasteiger partial charge in [-0.2, -0.15) is 9.78 Å². The molecule has 1 aliphatic heterocycles. The van der Waals surface area contributed by atoms with Gasteiger partial charge in [-0.25, -0.2) is 10.1 Å². The van der Waals surface area contributed by atoms with E-state index in [1.165, 1.54) is 11.1 Å². The van der Waals surface area contributed by atoms with Crippen molar-refractivity contribution >= 4 is 17.9 Å². The molecule has 190 valence electrons. The number of anilines is 1. The van der Waals surface area contributed by atoms with Crippen molar-refractivity contribution in [2.24, 2.45) is 5.10 Å². The summed E-state index contributed by atoms with van der Waals surface area (Å²) in [4.78, 5) is 15.2. The number of nitrogen functional groups attached to an aromatic ring is 1. The Bertz CT molecular complexity index is 1340. The highest BCUT2D eigenvalue weighted by Crippen LogP contribution is 2.20. The Morgan fingerprint density at radius 2 is 1.86 bits per heavy atom. The van der Waals surface area contributed by atoms with Crippen LogP contribution >= 0.6 is 0 Å². The molecule has 37 heavy (non-hydrogen) atoms. The van der Waals surface area contributed by atoms with Crippen molar-refractivity contribution in [1.29, 1.82) is 0 Å². The number of nitrogens with zero attached hydrogens (tertiary/aromatic N) is 7. The van der Waals surface area contributed by atoms with Crippen LogP contribution in [0.1, 0.15) is 46.6 Å². The molecule has 0 unspecified atom stereocenters. The van der Waals surface area contributed by atoms with Crippen LogP contribution in [-0.4, -0.2) is 55.4 Å². The highest BCUT2D eigenvalue weighted by molar-refractivity contribution is 5.94. The first-order valence-electron chi connectivity index (χ1n) is 12.0. The molecule has 1 amide bonds. The molecule has 0 radical (unpaired) electrons. The van der Waals surface area contributed by atoms with E-state index < -0.39 is 5.91 Å². The minimum Gasteiger partial charge on any atom is -0.489 e. The van der Waals surface area contributed by atoms with Gasteiger partial charge in [-0.15, -0.1) is 5.10 Å². The quantitative estimate of drug-likeness (QED) is 0.260.